The fourth-order valence-electron chi connectivity index (χ4n) is 1.91. The van der Waals surface area contributed by atoms with Gasteiger partial charge in [-0.25, -0.2) is 0 Å². The fourth-order valence-corrected chi connectivity index (χ4v) is 2.87. The summed E-state index contributed by atoms with van der Waals surface area (Å²) in [6.07, 6.45) is 0.286. The second-order valence-corrected chi connectivity index (χ2v) is 6.38. The van der Waals surface area contributed by atoms with Crippen molar-refractivity contribution in [2.75, 3.05) is 0 Å². The van der Waals surface area contributed by atoms with Gasteiger partial charge in [0.1, 0.15) is 5.75 Å². The molecule has 1 N–H and O–H groups in total. The van der Waals surface area contributed by atoms with Gasteiger partial charge in [-0.05, 0) is 49.6 Å². The van der Waals surface area contributed by atoms with Gasteiger partial charge in [0.05, 0.1) is 0 Å². The van der Waals surface area contributed by atoms with Crippen molar-refractivity contribution in [3.63, 3.8) is 0 Å². The summed E-state index contributed by atoms with van der Waals surface area (Å²) in [6.45, 7) is 3.73. The van der Waals surface area contributed by atoms with Crippen LogP contribution in [0.15, 0.2) is 41.8 Å². The Morgan fingerprint density at radius 1 is 1.29 bits per heavy atom. The first-order valence-electron chi connectivity index (χ1n) is 6.79. The first-order valence-corrected chi connectivity index (χ1v) is 8.05. The zero-order valence-electron chi connectivity index (χ0n) is 12.0. The Morgan fingerprint density at radius 2 is 2.00 bits per heavy atom. The largest absolute Gasteiger partial charge is 0.481 e. The molecule has 1 amide bonds. The molecule has 0 fully saturated rings. The van der Waals surface area contributed by atoms with E-state index in [2.05, 4.69) is 11.4 Å². The molecule has 1 aromatic carbocycles. The van der Waals surface area contributed by atoms with Gasteiger partial charge in [0.25, 0.3) is 5.91 Å². The van der Waals surface area contributed by atoms with Crippen molar-refractivity contribution < 1.29 is 9.53 Å². The van der Waals surface area contributed by atoms with E-state index in [0.29, 0.717) is 10.8 Å². The number of hydrogen-bond acceptors (Lipinski definition) is 3. The number of ether oxygens (including phenoxy) is 1. The van der Waals surface area contributed by atoms with E-state index in [4.69, 9.17) is 16.3 Å². The maximum atomic E-state index is 12.1. The predicted octanol–water partition coefficient (Wildman–Crippen LogP) is 3.92. The topological polar surface area (TPSA) is 38.3 Å². The average Bonchev–Trinajstić information content (AvgIpc) is 2.94. The SMILES string of the molecule is CC(Cc1cccs1)NC(=O)C(C)Oc1ccc(Cl)cc1. The van der Waals surface area contributed by atoms with Crippen molar-refractivity contribution in [3.05, 3.63) is 51.7 Å². The normalized spacial score (nSPS) is 13.5. The zero-order chi connectivity index (χ0) is 15.2. The molecule has 0 bridgehead atoms. The van der Waals surface area contributed by atoms with Gasteiger partial charge in [-0.1, -0.05) is 17.7 Å². The molecule has 2 rings (SSSR count). The Balaban J connectivity index is 1.83. The molecule has 21 heavy (non-hydrogen) atoms. The second-order valence-electron chi connectivity index (χ2n) is 4.91. The molecule has 2 aromatic rings. The highest BCUT2D eigenvalue weighted by molar-refractivity contribution is 7.09. The van der Waals surface area contributed by atoms with Gasteiger partial charge in [-0.2, -0.15) is 0 Å². The van der Waals surface area contributed by atoms with Crippen LogP contribution in [0, 0.1) is 0 Å². The average molecular weight is 324 g/mol. The fraction of sp³-hybridized carbons (Fsp3) is 0.312. The van der Waals surface area contributed by atoms with E-state index < -0.39 is 6.10 Å². The number of carbonyl (C=O) groups is 1. The summed E-state index contributed by atoms with van der Waals surface area (Å²) in [6, 6.07) is 11.1. The molecule has 0 aliphatic carbocycles. The zero-order valence-corrected chi connectivity index (χ0v) is 13.6. The Labute approximate surface area is 133 Å². The number of carbonyl (C=O) groups excluding carboxylic acids is 1. The molecule has 112 valence electrons. The summed E-state index contributed by atoms with van der Waals surface area (Å²) in [4.78, 5) is 13.4. The van der Waals surface area contributed by atoms with E-state index in [1.807, 2.05) is 18.4 Å². The van der Waals surface area contributed by atoms with Crippen LogP contribution < -0.4 is 10.1 Å². The summed E-state index contributed by atoms with van der Waals surface area (Å²) in [5, 5.41) is 5.65. The van der Waals surface area contributed by atoms with Crippen LogP contribution >= 0.6 is 22.9 Å². The standard InChI is InChI=1S/C16H18ClNO2S/c1-11(10-15-4-3-9-21-15)18-16(19)12(2)20-14-7-5-13(17)6-8-14/h3-9,11-12H,10H2,1-2H3,(H,18,19). The van der Waals surface area contributed by atoms with Crippen molar-refractivity contribution in [2.45, 2.75) is 32.4 Å². The van der Waals surface area contributed by atoms with Gasteiger partial charge in [-0.15, -0.1) is 11.3 Å². The summed E-state index contributed by atoms with van der Waals surface area (Å²) in [5.41, 5.74) is 0. The van der Waals surface area contributed by atoms with Gasteiger partial charge in [-0.3, -0.25) is 4.79 Å². The van der Waals surface area contributed by atoms with Crippen LogP contribution in [0.1, 0.15) is 18.7 Å². The van der Waals surface area contributed by atoms with Crippen LogP contribution in [0.3, 0.4) is 0 Å². The number of halogens is 1. The van der Waals surface area contributed by atoms with E-state index in [9.17, 15) is 4.79 Å². The minimum Gasteiger partial charge on any atom is -0.481 e. The number of rotatable bonds is 6. The van der Waals surface area contributed by atoms with Crippen molar-refractivity contribution in [3.8, 4) is 5.75 Å². The van der Waals surface area contributed by atoms with Crippen molar-refractivity contribution in [2.24, 2.45) is 0 Å². The predicted molar refractivity (Wildman–Crippen MR) is 87.2 cm³/mol. The number of amides is 1. The minimum absolute atomic E-state index is 0.0763. The Hall–Kier alpha value is -1.52. The highest BCUT2D eigenvalue weighted by Crippen LogP contribution is 2.17. The Kier molecular flexibility index (Phi) is 5.65. The number of thiophene rings is 1. The number of benzene rings is 1. The molecule has 0 saturated heterocycles. The Morgan fingerprint density at radius 3 is 2.62 bits per heavy atom. The number of hydrogen-bond donors (Lipinski definition) is 1. The van der Waals surface area contributed by atoms with Crippen LogP contribution in [0.5, 0.6) is 5.75 Å². The molecular formula is C16H18ClNO2S. The van der Waals surface area contributed by atoms with Gasteiger partial charge in [0, 0.05) is 22.4 Å². The van der Waals surface area contributed by atoms with Crippen LogP contribution in [0.4, 0.5) is 0 Å². The van der Waals surface area contributed by atoms with E-state index in [1.165, 1.54) is 4.88 Å². The lowest BCUT2D eigenvalue weighted by atomic mass is 10.2. The van der Waals surface area contributed by atoms with Gasteiger partial charge in [0.15, 0.2) is 6.10 Å². The third-order valence-electron chi connectivity index (χ3n) is 2.97. The molecule has 0 radical (unpaired) electrons. The maximum Gasteiger partial charge on any atom is 0.260 e. The van der Waals surface area contributed by atoms with Gasteiger partial charge < -0.3 is 10.1 Å². The molecule has 0 aliphatic rings. The lowest BCUT2D eigenvalue weighted by molar-refractivity contribution is -0.127. The first kappa shape index (κ1) is 15.9. The first-order chi connectivity index (χ1) is 10.0. The minimum atomic E-state index is -0.544. The molecule has 5 heteroatoms. The summed E-state index contributed by atoms with van der Waals surface area (Å²) in [5.74, 6) is 0.516. The van der Waals surface area contributed by atoms with Crippen molar-refractivity contribution >= 4 is 28.8 Å². The molecule has 0 aliphatic heterocycles. The Bertz CT molecular complexity index is 568. The maximum absolute atomic E-state index is 12.1. The van der Waals surface area contributed by atoms with Crippen LogP contribution in [0.2, 0.25) is 5.02 Å². The van der Waals surface area contributed by atoms with E-state index in [0.717, 1.165) is 6.42 Å². The lowest BCUT2D eigenvalue weighted by Crippen LogP contribution is -2.42. The molecule has 1 heterocycles. The summed E-state index contributed by atoms with van der Waals surface area (Å²) >= 11 is 7.51. The summed E-state index contributed by atoms with van der Waals surface area (Å²) < 4.78 is 5.60. The molecule has 2 atom stereocenters. The number of nitrogens with one attached hydrogen (secondary N) is 1. The lowest BCUT2D eigenvalue weighted by Gasteiger charge is -2.18. The van der Waals surface area contributed by atoms with Crippen molar-refractivity contribution in [1.29, 1.82) is 0 Å². The second kappa shape index (κ2) is 7.48. The molecular weight excluding hydrogens is 306 g/mol. The molecule has 1 aromatic heterocycles. The smallest absolute Gasteiger partial charge is 0.260 e. The van der Waals surface area contributed by atoms with E-state index in [-0.39, 0.29) is 11.9 Å². The third-order valence-corrected chi connectivity index (χ3v) is 4.12. The van der Waals surface area contributed by atoms with Crippen LogP contribution in [-0.4, -0.2) is 18.1 Å². The highest BCUT2D eigenvalue weighted by Gasteiger charge is 2.17. The summed E-state index contributed by atoms with van der Waals surface area (Å²) in [7, 11) is 0. The van der Waals surface area contributed by atoms with Crippen molar-refractivity contribution in [1.82, 2.24) is 5.32 Å². The van der Waals surface area contributed by atoms with Gasteiger partial charge >= 0.3 is 0 Å². The molecule has 0 saturated carbocycles. The monoisotopic (exact) mass is 323 g/mol. The molecule has 3 nitrogen and oxygen atoms in total. The highest BCUT2D eigenvalue weighted by atomic mass is 35.5. The third kappa shape index (κ3) is 5.06. The van der Waals surface area contributed by atoms with E-state index >= 15 is 0 Å². The quantitative estimate of drug-likeness (QED) is 0.875. The van der Waals surface area contributed by atoms with Gasteiger partial charge in [0.2, 0.25) is 0 Å². The van der Waals surface area contributed by atoms with Crippen LogP contribution in [0.25, 0.3) is 0 Å². The van der Waals surface area contributed by atoms with E-state index in [1.54, 1.807) is 42.5 Å². The molecule has 2 unspecified atom stereocenters. The molecule has 0 spiro atoms. The van der Waals surface area contributed by atoms with Crippen LogP contribution in [-0.2, 0) is 11.2 Å².